The second kappa shape index (κ2) is 9.68. The molecular formula is C25H28N2O6S. The molecule has 1 aliphatic heterocycles. The molecule has 180 valence electrons. The smallest absolute Gasteiger partial charge is 0.338 e. The van der Waals surface area contributed by atoms with Crippen LogP contribution >= 0.6 is 0 Å². The van der Waals surface area contributed by atoms with Crippen LogP contribution in [0.2, 0.25) is 0 Å². The van der Waals surface area contributed by atoms with Gasteiger partial charge in [-0.25, -0.2) is 13.2 Å². The molecule has 1 heterocycles. The maximum atomic E-state index is 13.1. The molecular weight excluding hydrogens is 456 g/mol. The van der Waals surface area contributed by atoms with Gasteiger partial charge in [0.05, 0.1) is 10.5 Å². The largest absolute Gasteiger partial charge is 0.451 e. The molecule has 34 heavy (non-hydrogen) atoms. The molecule has 9 heteroatoms. The van der Waals surface area contributed by atoms with E-state index in [-0.39, 0.29) is 35.2 Å². The van der Waals surface area contributed by atoms with Crippen molar-refractivity contribution in [2.45, 2.75) is 44.1 Å². The number of carbonyl (C=O) groups excluding carboxylic acids is 3. The topological polar surface area (TPSA) is 101 Å². The molecule has 2 aliphatic rings. The third-order valence-electron chi connectivity index (χ3n) is 6.43. The van der Waals surface area contributed by atoms with Crippen molar-refractivity contribution in [2.24, 2.45) is 0 Å². The number of Topliss-reactive ketones (excluding diaryl/α,β-unsaturated/α-hetero) is 1. The molecule has 0 saturated carbocycles. The van der Waals surface area contributed by atoms with Crippen molar-refractivity contribution in [3.63, 3.8) is 0 Å². The monoisotopic (exact) mass is 484 g/mol. The van der Waals surface area contributed by atoms with Crippen LogP contribution in [0.1, 0.15) is 52.1 Å². The lowest BCUT2D eigenvalue weighted by atomic mass is 10.0. The van der Waals surface area contributed by atoms with Crippen LogP contribution < -0.4 is 0 Å². The van der Waals surface area contributed by atoms with Crippen LogP contribution in [0.15, 0.2) is 47.4 Å². The summed E-state index contributed by atoms with van der Waals surface area (Å²) in [6.07, 6.45) is 2.02. The number of sulfonamides is 1. The average Bonchev–Trinajstić information content (AvgIpc) is 3.31. The zero-order valence-electron chi connectivity index (χ0n) is 19.3. The summed E-state index contributed by atoms with van der Waals surface area (Å²) in [4.78, 5) is 38.6. The Kier molecular flexibility index (Phi) is 6.86. The number of aryl methyl sites for hydroxylation is 2. The third-order valence-corrected chi connectivity index (χ3v) is 8.32. The fraction of sp³-hybridized carbons (Fsp3) is 0.400. The van der Waals surface area contributed by atoms with E-state index in [2.05, 4.69) is 0 Å². The summed E-state index contributed by atoms with van der Waals surface area (Å²) in [6, 6.07) is 11.2. The van der Waals surface area contributed by atoms with Crippen LogP contribution in [-0.2, 0) is 32.4 Å². The summed E-state index contributed by atoms with van der Waals surface area (Å²) in [5, 5.41) is 0. The summed E-state index contributed by atoms with van der Waals surface area (Å²) in [5.74, 6) is -1.15. The number of rotatable bonds is 6. The Morgan fingerprint density at radius 2 is 1.62 bits per heavy atom. The van der Waals surface area contributed by atoms with Crippen molar-refractivity contribution >= 4 is 27.7 Å². The molecule has 4 rings (SSSR count). The minimum atomic E-state index is -3.84. The van der Waals surface area contributed by atoms with E-state index in [4.69, 9.17) is 4.74 Å². The molecule has 2 aromatic carbocycles. The number of ether oxygens (including phenoxy) is 1. The van der Waals surface area contributed by atoms with Crippen LogP contribution in [0.4, 0.5) is 0 Å². The lowest BCUT2D eigenvalue weighted by Gasteiger charge is -2.33. The minimum Gasteiger partial charge on any atom is -0.451 e. The van der Waals surface area contributed by atoms with Crippen LogP contribution in [0.5, 0.6) is 0 Å². The van der Waals surface area contributed by atoms with Gasteiger partial charge in [-0.1, -0.05) is 18.2 Å². The van der Waals surface area contributed by atoms with Gasteiger partial charge in [0.25, 0.3) is 0 Å². The molecule has 8 nitrogen and oxygen atoms in total. The van der Waals surface area contributed by atoms with Crippen molar-refractivity contribution < 1.29 is 27.5 Å². The summed E-state index contributed by atoms with van der Waals surface area (Å²) in [6.45, 7) is 3.97. The van der Waals surface area contributed by atoms with Gasteiger partial charge in [0, 0.05) is 38.7 Å². The first-order valence-corrected chi connectivity index (χ1v) is 12.8. The minimum absolute atomic E-state index is 0.0316. The zero-order chi connectivity index (χ0) is 24.5. The second-order valence-electron chi connectivity index (χ2n) is 8.69. The van der Waals surface area contributed by atoms with Gasteiger partial charge < -0.3 is 9.64 Å². The van der Waals surface area contributed by atoms with Crippen molar-refractivity contribution in [3.05, 3.63) is 64.7 Å². The molecule has 1 fully saturated rings. The van der Waals surface area contributed by atoms with Crippen LogP contribution in [0.25, 0.3) is 0 Å². The number of piperazine rings is 1. The number of esters is 1. The summed E-state index contributed by atoms with van der Waals surface area (Å²) in [5.41, 5.74) is 2.97. The van der Waals surface area contributed by atoms with Gasteiger partial charge in [0.15, 0.2) is 6.10 Å². The van der Waals surface area contributed by atoms with Crippen LogP contribution in [0, 0.1) is 0 Å². The Morgan fingerprint density at radius 3 is 2.32 bits per heavy atom. The van der Waals surface area contributed by atoms with E-state index in [1.807, 2.05) is 12.1 Å². The predicted octanol–water partition coefficient (Wildman–Crippen LogP) is 2.46. The van der Waals surface area contributed by atoms with Gasteiger partial charge in [0.1, 0.15) is 0 Å². The number of fused-ring (bicyclic) bond motifs is 1. The molecule has 0 N–H and O–H groups in total. The molecule has 0 aromatic heterocycles. The summed E-state index contributed by atoms with van der Waals surface area (Å²) >= 11 is 0. The zero-order valence-corrected chi connectivity index (χ0v) is 20.1. The average molecular weight is 485 g/mol. The van der Waals surface area contributed by atoms with E-state index < -0.39 is 22.1 Å². The van der Waals surface area contributed by atoms with Crippen molar-refractivity contribution in [3.8, 4) is 0 Å². The van der Waals surface area contributed by atoms with Crippen LogP contribution in [0.3, 0.4) is 0 Å². The highest BCUT2D eigenvalue weighted by atomic mass is 32.2. The first-order chi connectivity index (χ1) is 16.2. The molecule has 0 radical (unpaired) electrons. The summed E-state index contributed by atoms with van der Waals surface area (Å²) in [7, 11) is -3.84. The number of hydrogen-bond acceptors (Lipinski definition) is 6. The third kappa shape index (κ3) is 4.90. The Bertz CT molecular complexity index is 1230. The first kappa shape index (κ1) is 24.1. The number of nitrogens with zero attached hydrogens (tertiary/aromatic N) is 2. The lowest BCUT2D eigenvalue weighted by molar-refractivity contribution is -0.129. The van der Waals surface area contributed by atoms with E-state index in [0.29, 0.717) is 18.7 Å². The van der Waals surface area contributed by atoms with Gasteiger partial charge in [-0.2, -0.15) is 4.31 Å². The normalized spacial score (nSPS) is 17.2. The van der Waals surface area contributed by atoms with Gasteiger partial charge in [-0.05, 0) is 61.6 Å². The molecule has 1 unspecified atom stereocenters. The maximum Gasteiger partial charge on any atom is 0.338 e. The van der Waals surface area contributed by atoms with E-state index in [9.17, 15) is 22.8 Å². The van der Waals surface area contributed by atoms with Crippen molar-refractivity contribution in [1.82, 2.24) is 9.21 Å². The van der Waals surface area contributed by atoms with Gasteiger partial charge in [0.2, 0.25) is 21.7 Å². The number of amides is 1. The highest BCUT2D eigenvalue weighted by Gasteiger charge is 2.30. The van der Waals surface area contributed by atoms with E-state index >= 15 is 0 Å². The molecule has 2 aromatic rings. The molecule has 1 atom stereocenters. The van der Waals surface area contributed by atoms with Gasteiger partial charge in [-0.15, -0.1) is 0 Å². The first-order valence-electron chi connectivity index (χ1n) is 11.4. The fourth-order valence-electron chi connectivity index (χ4n) is 4.42. The van der Waals surface area contributed by atoms with E-state index in [1.54, 1.807) is 11.0 Å². The predicted molar refractivity (Wildman–Crippen MR) is 125 cm³/mol. The Labute approximate surface area is 199 Å². The summed E-state index contributed by atoms with van der Waals surface area (Å²) < 4.78 is 32.8. The number of carbonyl (C=O) groups is 3. The highest BCUT2D eigenvalue weighted by Crippen LogP contribution is 2.24. The number of ketones is 1. The Hall–Kier alpha value is -3.04. The van der Waals surface area contributed by atoms with Crippen LogP contribution in [-0.4, -0.2) is 67.6 Å². The lowest BCUT2D eigenvalue weighted by Crippen LogP contribution is -2.49. The molecule has 1 aliphatic carbocycles. The second-order valence-corrected chi connectivity index (χ2v) is 10.6. The number of benzene rings is 2. The van der Waals surface area contributed by atoms with Gasteiger partial charge >= 0.3 is 5.97 Å². The fourth-order valence-corrected chi connectivity index (χ4v) is 5.89. The maximum absolute atomic E-state index is 13.1. The molecule has 1 amide bonds. The highest BCUT2D eigenvalue weighted by molar-refractivity contribution is 7.89. The van der Waals surface area contributed by atoms with Crippen molar-refractivity contribution in [1.29, 1.82) is 0 Å². The molecule has 1 saturated heterocycles. The van der Waals surface area contributed by atoms with E-state index in [1.165, 1.54) is 48.0 Å². The Balaban J connectivity index is 1.44. The standard InChI is InChI=1S/C25H28N2O6S/c1-17(24(29)21-10-9-19-5-3-6-20(19)15-21)33-25(30)22-7-4-8-23(16-22)34(31,32)27-13-11-26(12-14-27)18(2)28/h4,7-10,15-17H,3,5-6,11-14H2,1-2H3. The van der Waals surface area contributed by atoms with E-state index in [0.717, 1.165) is 24.8 Å². The quantitative estimate of drug-likeness (QED) is 0.461. The van der Waals surface area contributed by atoms with Crippen molar-refractivity contribution in [2.75, 3.05) is 26.2 Å². The number of hydrogen-bond donors (Lipinski definition) is 0. The Morgan fingerprint density at radius 1 is 0.912 bits per heavy atom. The molecule has 0 bridgehead atoms. The SMILES string of the molecule is CC(=O)N1CCN(S(=O)(=O)c2cccc(C(=O)OC(C)C(=O)c3ccc4c(c3)CCC4)c2)CC1. The van der Waals surface area contributed by atoms with Gasteiger partial charge in [-0.3, -0.25) is 9.59 Å². The molecule has 0 spiro atoms.